The fourth-order valence-electron chi connectivity index (χ4n) is 1.54. The molecule has 18 heavy (non-hydrogen) atoms. The van der Waals surface area contributed by atoms with E-state index in [1.54, 1.807) is 24.0 Å². The van der Waals surface area contributed by atoms with Crippen molar-refractivity contribution in [2.24, 2.45) is 5.73 Å². The first-order valence-electron chi connectivity index (χ1n) is 5.78. The highest BCUT2D eigenvalue weighted by Gasteiger charge is 2.08. The maximum absolute atomic E-state index is 11.4. The van der Waals surface area contributed by atoms with E-state index >= 15 is 0 Å². The quantitative estimate of drug-likeness (QED) is 0.849. The number of carbonyl (C=O) groups is 1. The summed E-state index contributed by atoms with van der Waals surface area (Å²) in [5.74, 6) is -0.214. The zero-order chi connectivity index (χ0) is 13.0. The molecule has 5 heteroatoms. The van der Waals surface area contributed by atoms with E-state index in [-0.39, 0.29) is 5.91 Å². The average Bonchev–Trinajstić information content (AvgIpc) is 2.77. The lowest BCUT2D eigenvalue weighted by molar-refractivity contribution is -0.117. The first-order chi connectivity index (χ1) is 8.65. The number of benzene rings is 1. The summed E-state index contributed by atoms with van der Waals surface area (Å²) in [6, 6.07) is 9.47. The van der Waals surface area contributed by atoms with Gasteiger partial charge in [-0.1, -0.05) is 30.3 Å². The maximum atomic E-state index is 11.4. The minimum absolute atomic E-state index is 0.214. The van der Waals surface area contributed by atoms with Crippen LogP contribution in [0.2, 0.25) is 0 Å². The standard InChI is InChI=1S/C13H16N4O/c1-10(14)13(18)16-12-7-15-17(9-12)8-11-5-3-2-4-6-11/h2-7,9-10H,8,14H2,1H3,(H,16,18)/t10-/m1/s1. The topological polar surface area (TPSA) is 72.9 Å². The molecule has 0 aliphatic heterocycles. The van der Waals surface area contributed by atoms with E-state index in [0.717, 1.165) is 5.56 Å². The highest BCUT2D eigenvalue weighted by Crippen LogP contribution is 2.08. The van der Waals surface area contributed by atoms with Gasteiger partial charge in [-0.2, -0.15) is 5.10 Å². The van der Waals surface area contributed by atoms with Gasteiger partial charge in [-0.25, -0.2) is 0 Å². The van der Waals surface area contributed by atoms with Crippen LogP contribution < -0.4 is 11.1 Å². The van der Waals surface area contributed by atoms with E-state index in [2.05, 4.69) is 10.4 Å². The lowest BCUT2D eigenvalue weighted by Crippen LogP contribution is -2.32. The van der Waals surface area contributed by atoms with Gasteiger partial charge in [0.05, 0.1) is 24.5 Å². The second-order valence-corrected chi connectivity index (χ2v) is 4.19. The number of rotatable bonds is 4. The summed E-state index contributed by atoms with van der Waals surface area (Å²) in [4.78, 5) is 11.4. The summed E-state index contributed by atoms with van der Waals surface area (Å²) in [6.07, 6.45) is 3.40. The summed E-state index contributed by atoms with van der Waals surface area (Å²) >= 11 is 0. The van der Waals surface area contributed by atoms with Gasteiger partial charge >= 0.3 is 0 Å². The molecule has 0 bridgehead atoms. The van der Waals surface area contributed by atoms with Gasteiger partial charge in [0.1, 0.15) is 0 Å². The van der Waals surface area contributed by atoms with E-state index in [1.807, 2.05) is 30.3 Å². The SMILES string of the molecule is C[C@@H](N)C(=O)Nc1cnn(Cc2ccccc2)c1. The molecule has 5 nitrogen and oxygen atoms in total. The van der Waals surface area contributed by atoms with Crippen molar-refractivity contribution in [3.8, 4) is 0 Å². The summed E-state index contributed by atoms with van der Waals surface area (Å²) in [6.45, 7) is 2.32. The van der Waals surface area contributed by atoms with Crippen LogP contribution in [0.4, 0.5) is 5.69 Å². The van der Waals surface area contributed by atoms with E-state index in [9.17, 15) is 4.79 Å². The van der Waals surface area contributed by atoms with Crippen LogP contribution in [-0.4, -0.2) is 21.7 Å². The Kier molecular flexibility index (Phi) is 3.74. The number of anilines is 1. The molecule has 1 aromatic heterocycles. The second kappa shape index (κ2) is 5.46. The number of nitrogens with one attached hydrogen (secondary N) is 1. The van der Waals surface area contributed by atoms with Crippen LogP contribution in [-0.2, 0) is 11.3 Å². The fraction of sp³-hybridized carbons (Fsp3) is 0.231. The smallest absolute Gasteiger partial charge is 0.241 e. The maximum Gasteiger partial charge on any atom is 0.241 e. The van der Waals surface area contributed by atoms with Crippen LogP contribution in [0.25, 0.3) is 0 Å². The number of nitrogens with zero attached hydrogens (tertiary/aromatic N) is 2. The van der Waals surface area contributed by atoms with Gasteiger partial charge in [0, 0.05) is 6.20 Å². The molecular weight excluding hydrogens is 228 g/mol. The Morgan fingerprint density at radius 2 is 2.17 bits per heavy atom. The van der Waals surface area contributed by atoms with Crippen LogP contribution >= 0.6 is 0 Å². The molecule has 0 aliphatic carbocycles. The van der Waals surface area contributed by atoms with Crippen LogP contribution in [0.15, 0.2) is 42.7 Å². The lowest BCUT2D eigenvalue weighted by atomic mass is 10.2. The zero-order valence-electron chi connectivity index (χ0n) is 10.2. The Balaban J connectivity index is 2.00. The molecule has 1 atom stereocenters. The predicted octanol–water partition coefficient (Wildman–Crippen LogP) is 1.22. The number of aromatic nitrogens is 2. The van der Waals surface area contributed by atoms with Crippen LogP contribution in [0.3, 0.4) is 0 Å². The van der Waals surface area contributed by atoms with Crippen molar-refractivity contribution in [3.05, 3.63) is 48.3 Å². The molecule has 0 saturated heterocycles. The zero-order valence-corrected chi connectivity index (χ0v) is 10.2. The van der Waals surface area contributed by atoms with Crippen molar-refractivity contribution >= 4 is 11.6 Å². The monoisotopic (exact) mass is 244 g/mol. The van der Waals surface area contributed by atoms with Gasteiger partial charge in [-0.3, -0.25) is 9.48 Å². The summed E-state index contributed by atoms with van der Waals surface area (Å²) in [5, 5.41) is 6.89. The van der Waals surface area contributed by atoms with Crippen molar-refractivity contribution in [1.29, 1.82) is 0 Å². The molecule has 1 heterocycles. The molecule has 0 spiro atoms. The lowest BCUT2D eigenvalue weighted by Gasteiger charge is -2.04. The van der Waals surface area contributed by atoms with Gasteiger partial charge in [0.2, 0.25) is 5.91 Å². The average molecular weight is 244 g/mol. The van der Waals surface area contributed by atoms with Crippen LogP contribution in [0.5, 0.6) is 0 Å². The molecule has 0 saturated carbocycles. The Morgan fingerprint density at radius 1 is 1.44 bits per heavy atom. The first kappa shape index (κ1) is 12.3. The van der Waals surface area contributed by atoms with Gasteiger partial charge in [-0.15, -0.1) is 0 Å². The van der Waals surface area contributed by atoms with E-state index < -0.39 is 6.04 Å². The molecule has 2 rings (SSSR count). The Labute approximate surface area is 106 Å². The number of amides is 1. The molecule has 0 radical (unpaired) electrons. The van der Waals surface area contributed by atoms with E-state index in [4.69, 9.17) is 5.73 Å². The second-order valence-electron chi connectivity index (χ2n) is 4.19. The highest BCUT2D eigenvalue weighted by molar-refractivity contribution is 5.94. The van der Waals surface area contributed by atoms with Gasteiger partial charge in [0.25, 0.3) is 0 Å². The molecule has 94 valence electrons. The minimum atomic E-state index is -0.525. The Morgan fingerprint density at radius 3 is 2.83 bits per heavy atom. The highest BCUT2D eigenvalue weighted by atomic mass is 16.2. The molecule has 3 N–H and O–H groups in total. The normalized spacial score (nSPS) is 12.1. The Bertz CT molecular complexity index is 519. The number of hydrogen-bond donors (Lipinski definition) is 2. The summed E-state index contributed by atoms with van der Waals surface area (Å²) < 4.78 is 1.77. The minimum Gasteiger partial charge on any atom is -0.322 e. The largest absolute Gasteiger partial charge is 0.322 e. The third-order valence-electron chi connectivity index (χ3n) is 2.50. The van der Waals surface area contributed by atoms with Crippen molar-refractivity contribution < 1.29 is 4.79 Å². The third-order valence-corrected chi connectivity index (χ3v) is 2.50. The molecule has 1 amide bonds. The fourth-order valence-corrected chi connectivity index (χ4v) is 1.54. The van der Waals surface area contributed by atoms with Crippen molar-refractivity contribution in [3.63, 3.8) is 0 Å². The number of nitrogens with two attached hydrogens (primary N) is 1. The van der Waals surface area contributed by atoms with Crippen LogP contribution in [0, 0.1) is 0 Å². The Hall–Kier alpha value is -2.14. The third kappa shape index (κ3) is 3.18. The molecule has 0 fully saturated rings. The first-order valence-corrected chi connectivity index (χ1v) is 5.78. The molecular formula is C13H16N4O. The number of hydrogen-bond acceptors (Lipinski definition) is 3. The number of carbonyl (C=O) groups excluding carboxylic acids is 1. The summed E-state index contributed by atoms with van der Waals surface area (Å²) in [7, 11) is 0. The van der Waals surface area contributed by atoms with Gasteiger partial charge < -0.3 is 11.1 Å². The van der Waals surface area contributed by atoms with Crippen molar-refractivity contribution in [2.45, 2.75) is 19.5 Å². The molecule has 1 aromatic carbocycles. The predicted molar refractivity (Wildman–Crippen MR) is 70.1 cm³/mol. The van der Waals surface area contributed by atoms with Gasteiger partial charge in [0.15, 0.2) is 0 Å². The van der Waals surface area contributed by atoms with E-state index in [0.29, 0.717) is 12.2 Å². The molecule has 2 aromatic rings. The molecule has 0 unspecified atom stereocenters. The van der Waals surface area contributed by atoms with E-state index in [1.165, 1.54) is 0 Å². The summed E-state index contributed by atoms with van der Waals surface area (Å²) in [5.41, 5.74) is 7.29. The van der Waals surface area contributed by atoms with Crippen molar-refractivity contribution in [1.82, 2.24) is 9.78 Å². The van der Waals surface area contributed by atoms with Gasteiger partial charge in [-0.05, 0) is 12.5 Å². The van der Waals surface area contributed by atoms with Crippen molar-refractivity contribution in [2.75, 3.05) is 5.32 Å². The molecule has 0 aliphatic rings. The van der Waals surface area contributed by atoms with Crippen LogP contribution in [0.1, 0.15) is 12.5 Å².